The number of amides is 1. The maximum absolute atomic E-state index is 12.7. The zero-order valence-corrected chi connectivity index (χ0v) is 14.0. The Balaban J connectivity index is 1.76. The van der Waals surface area contributed by atoms with Crippen LogP contribution < -0.4 is 9.47 Å². The molecule has 0 aromatic heterocycles. The van der Waals surface area contributed by atoms with E-state index in [1.165, 1.54) is 0 Å². The summed E-state index contributed by atoms with van der Waals surface area (Å²) in [5.74, 6) is 1.48. The van der Waals surface area contributed by atoms with E-state index in [1.54, 1.807) is 11.0 Å². The van der Waals surface area contributed by atoms with Gasteiger partial charge in [-0.2, -0.15) is 0 Å². The Labute approximate surface area is 141 Å². The predicted octanol–water partition coefficient (Wildman–Crippen LogP) is 2.27. The predicted molar refractivity (Wildman–Crippen MR) is 87.1 cm³/mol. The fourth-order valence-electron chi connectivity index (χ4n) is 3.38. The Morgan fingerprint density at radius 1 is 1.39 bits per heavy atom. The van der Waals surface area contributed by atoms with Crippen LogP contribution in [0.5, 0.6) is 11.5 Å². The van der Waals surface area contributed by atoms with Crippen LogP contribution in [0.3, 0.4) is 0 Å². The lowest BCUT2D eigenvalue weighted by Gasteiger charge is -2.39. The van der Waals surface area contributed by atoms with Gasteiger partial charge in [-0.3, -0.25) is 4.79 Å². The van der Waals surface area contributed by atoms with Gasteiger partial charge in [-0.05, 0) is 36.5 Å². The number of rotatable bonds is 3. The van der Waals surface area contributed by atoms with E-state index in [-0.39, 0.29) is 25.0 Å². The molecule has 1 amide bonds. The van der Waals surface area contributed by atoms with Crippen LogP contribution in [0.4, 0.5) is 0 Å². The van der Waals surface area contributed by atoms with Crippen molar-refractivity contribution >= 4 is 17.5 Å². The van der Waals surface area contributed by atoms with Crippen LogP contribution >= 0.6 is 11.6 Å². The molecule has 23 heavy (non-hydrogen) atoms. The normalized spacial score (nSPS) is 23.7. The number of halogens is 1. The molecule has 0 spiro atoms. The summed E-state index contributed by atoms with van der Waals surface area (Å²) < 4.78 is 11.1. The van der Waals surface area contributed by atoms with Crippen LogP contribution in [0.1, 0.15) is 25.3 Å². The van der Waals surface area contributed by atoms with E-state index in [4.69, 9.17) is 21.1 Å². The van der Waals surface area contributed by atoms with Crippen LogP contribution in [-0.4, -0.2) is 48.3 Å². The maximum atomic E-state index is 12.7. The lowest BCUT2D eigenvalue weighted by atomic mass is 9.91. The first-order valence-corrected chi connectivity index (χ1v) is 8.46. The minimum absolute atomic E-state index is 0.00873. The number of hydrogen-bond acceptors (Lipinski definition) is 4. The van der Waals surface area contributed by atoms with E-state index in [1.807, 2.05) is 6.07 Å². The number of carbonyl (C=O) groups is 1. The van der Waals surface area contributed by atoms with Crippen LogP contribution in [0.25, 0.3) is 0 Å². The number of hydrogen-bond donors (Lipinski definition) is 1. The average molecular weight is 340 g/mol. The number of nitrogens with zero attached hydrogens (tertiary/aromatic N) is 1. The summed E-state index contributed by atoms with van der Waals surface area (Å²) in [6, 6.07) is 3.48. The summed E-state index contributed by atoms with van der Waals surface area (Å²) in [6.07, 6.45) is 2.27. The van der Waals surface area contributed by atoms with Crippen molar-refractivity contribution in [2.75, 3.05) is 26.4 Å². The first-order chi connectivity index (χ1) is 11.1. The summed E-state index contributed by atoms with van der Waals surface area (Å²) in [6.45, 7) is 3.76. The average Bonchev–Trinajstić information content (AvgIpc) is 2.54. The third-order valence-electron chi connectivity index (χ3n) is 4.64. The Hall–Kier alpha value is -1.46. The van der Waals surface area contributed by atoms with Crippen LogP contribution in [0.2, 0.25) is 5.02 Å². The molecule has 0 bridgehead atoms. The molecule has 0 unspecified atom stereocenters. The van der Waals surface area contributed by atoms with Gasteiger partial charge in [-0.15, -0.1) is 0 Å². The molecule has 6 heteroatoms. The van der Waals surface area contributed by atoms with Crippen molar-refractivity contribution in [3.63, 3.8) is 0 Å². The Bertz CT molecular complexity index is 592. The lowest BCUT2D eigenvalue weighted by molar-refractivity contribution is -0.136. The number of piperidine rings is 1. The first-order valence-electron chi connectivity index (χ1n) is 8.08. The van der Waals surface area contributed by atoms with Gasteiger partial charge >= 0.3 is 0 Å². The molecule has 0 radical (unpaired) electrons. The zero-order chi connectivity index (χ0) is 16.4. The highest BCUT2D eigenvalue weighted by atomic mass is 35.5. The minimum atomic E-state index is -0.0936. The van der Waals surface area contributed by atoms with E-state index >= 15 is 0 Å². The van der Waals surface area contributed by atoms with E-state index in [9.17, 15) is 9.90 Å². The highest BCUT2D eigenvalue weighted by molar-refractivity contribution is 6.32. The van der Waals surface area contributed by atoms with E-state index < -0.39 is 0 Å². The minimum Gasteiger partial charge on any atom is -0.486 e. The van der Waals surface area contributed by atoms with Crippen molar-refractivity contribution in [3.8, 4) is 11.5 Å². The summed E-state index contributed by atoms with van der Waals surface area (Å²) in [7, 11) is 0. The van der Waals surface area contributed by atoms with Gasteiger partial charge in [0.15, 0.2) is 11.5 Å². The second kappa shape index (κ2) is 6.97. The van der Waals surface area contributed by atoms with Gasteiger partial charge in [0, 0.05) is 6.54 Å². The highest BCUT2D eigenvalue weighted by Crippen LogP contribution is 2.38. The number of aliphatic hydroxyl groups excluding tert-OH is 1. The monoisotopic (exact) mass is 339 g/mol. The highest BCUT2D eigenvalue weighted by Gasteiger charge is 2.31. The molecule has 1 fully saturated rings. The molecule has 126 valence electrons. The number of carbonyl (C=O) groups excluding carboxylic acids is 1. The summed E-state index contributed by atoms with van der Waals surface area (Å²) >= 11 is 6.23. The van der Waals surface area contributed by atoms with E-state index in [0.717, 1.165) is 18.4 Å². The molecular formula is C17H22ClNO4. The molecule has 2 atom stereocenters. The van der Waals surface area contributed by atoms with Crippen molar-refractivity contribution in [3.05, 3.63) is 22.7 Å². The fourth-order valence-corrected chi connectivity index (χ4v) is 3.67. The van der Waals surface area contributed by atoms with Crippen molar-refractivity contribution in [2.45, 2.75) is 32.2 Å². The summed E-state index contributed by atoms with van der Waals surface area (Å²) in [5.41, 5.74) is 0.805. The van der Waals surface area contributed by atoms with Gasteiger partial charge in [0.2, 0.25) is 5.91 Å². The molecule has 2 aliphatic heterocycles. The van der Waals surface area contributed by atoms with Crippen LogP contribution in [0.15, 0.2) is 12.1 Å². The number of aliphatic hydroxyl groups is 1. The van der Waals surface area contributed by atoms with Crippen molar-refractivity contribution < 1.29 is 19.4 Å². The molecule has 1 aromatic carbocycles. The molecule has 3 rings (SSSR count). The Morgan fingerprint density at radius 2 is 2.17 bits per heavy atom. The summed E-state index contributed by atoms with van der Waals surface area (Å²) in [4.78, 5) is 14.5. The van der Waals surface area contributed by atoms with Gasteiger partial charge in [-0.25, -0.2) is 0 Å². The molecule has 1 N–H and O–H groups in total. The molecule has 2 heterocycles. The van der Waals surface area contributed by atoms with Crippen molar-refractivity contribution in [2.24, 2.45) is 5.92 Å². The van der Waals surface area contributed by atoms with Gasteiger partial charge in [0.05, 0.1) is 24.1 Å². The second-order valence-corrected chi connectivity index (χ2v) is 6.64. The third-order valence-corrected chi connectivity index (χ3v) is 4.92. The fraction of sp³-hybridized carbons (Fsp3) is 0.588. The molecular weight excluding hydrogens is 318 g/mol. The molecule has 0 aliphatic carbocycles. The Kier molecular flexibility index (Phi) is 4.97. The first kappa shape index (κ1) is 16.4. The van der Waals surface area contributed by atoms with Crippen molar-refractivity contribution in [1.29, 1.82) is 0 Å². The second-order valence-electron chi connectivity index (χ2n) is 6.24. The quantitative estimate of drug-likeness (QED) is 0.917. The van der Waals surface area contributed by atoms with Crippen LogP contribution in [0, 0.1) is 5.92 Å². The maximum Gasteiger partial charge on any atom is 0.227 e. The van der Waals surface area contributed by atoms with Gasteiger partial charge in [0.1, 0.15) is 13.2 Å². The number of likely N-dealkylation sites (tertiary alicyclic amines) is 1. The summed E-state index contributed by atoms with van der Waals surface area (Å²) in [5, 5.41) is 10.1. The molecule has 0 saturated carbocycles. The van der Waals surface area contributed by atoms with Gasteiger partial charge in [0.25, 0.3) is 0 Å². The Morgan fingerprint density at radius 3 is 2.96 bits per heavy atom. The number of ether oxygens (including phenoxy) is 2. The lowest BCUT2D eigenvalue weighted by Crippen LogP contribution is -2.50. The SMILES string of the molecule is C[C@@H]1CCCN(C(=O)Cc2cc(Cl)c3c(c2)OCCO3)[C@H]1CO. The third kappa shape index (κ3) is 3.40. The molecule has 1 saturated heterocycles. The van der Waals surface area contributed by atoms with Crippen LogP contribution in [-0.2, 0) is 11.2 Å². The van der Waals surface area contributed by atoms with Crippen molar-refractivity contribution in [1.82, 2.24) is 4.90 Å². The number of benzene rings is 1. The molecule has 1 aromatic rings. The van der Waals surface area contributed by atoms with Gasteiger partial charge in [-0.1, -0.05) is 18.5 Å². The molecule has 2 aliphatic rings. The topological polar surface area (TPSA) is 59.0 Å². The standard InChI is InChI=1S/C17H22ClNO4/c1-11-3-2-4-19(14(11)10-20)16(21)9-12-7-13(18)17-15(8-12)22-5-6-23-17/h7-8,11,14,20H,2-6,9-10H2,1H3/t11-,14+/m1/s1. The zero-order valence-electron chi connectivity index (χ0n) is 13.3. The largest absolute Gasteiger partial charge is 0.486 e. The number of fused-ring (bicyclic) bond motifs is 1. The van der Waals surface area contributed by atoms with E-state index in [0.29, 0.717) is 42.2 Å². The smallest absolute Gasteiger partial charge is 0.227 e. The van der Waals surface area contributed by atoms with Gasteiger partial charge < -0.3 is 19.5 Å². The molecule has 5 nitrogen and oxygen atoms in total. The van der Waals surface area contributed by atoms with E-state index in [2.05, 4.69) is 6.92 Å².